The topological polar surface area (TPSA) is 71.5 Å². The molecule has 1 aromatic rings. The molecule has 6 rings (SSSR count). The zero-order valence-electron chi connectivity index (χ0n) is 18.7. The normalized spacial score (nSPS) is 29.0. The molecule has 1 spiro atoms. The van der Waals surface area contributed by atoms with E-state index in [9.17, 15) is 9.59 Å². The zero-order chi connectivity index (χ0) is 22.6. The fourth-order valence-corrected chi connectivity index (χ4v) is 6.15. The highest BCUT2D eigenvalue weighted by molar-refractivity contribution is 6.34. The van der Waals surface area contributed by atoms with Crippen LogP contribution in [0.5, 0.6) is 5.75 Å². The van der Waals surface area contributed by atoms with Crippen LogP contribution in [0.4, 0.5) is 10.5 Å². The molecule has 2 atom stereocenters. The van der Waals surface area contributed by atoms with Crippen molar-refractivity contribution in [3.8, 4) is 5.75 Å². The minimum Gasteiger partial charge on any atom is -0.485 e. The monoisotopic (exact) mass is 475 g/mol. The molecule has 5 saturated heterocycles. The Kier molecular flexibility index (Phi) is 5.42. The standard InChI is InChI=1S/C24H30ClN3O5/c25-22-19(28-14-24(15-28)6-2-8-32-24)3-1-4-21(22)33-18-11-27(12-18)23(30)26-7-5-20-16(10-26)9-17(29)13-31-20/h1,3-4,16,18,20H,2,5-15H2/t16-,20+/m1/s1. The Bertz CT molecular complexity index is 938. The molecule has 0 aromatic heterocycles. The van der Waals surface area contributed by atoms with E-state index in [2.05, 4.69) is 4.90 Å². The summed E-state index contributed by atoms with van der Waals surface area (Å²) in [5.74, 6) is 0.915. The summed E-state index contributed by atoms with van der Waals surface area (Å²) >= 11 is 6.70. The average molecular weight is 476 g/mol. The first-order valence-corrected chi connectivity index (χ1v) is 12.4. The van der Waals surface area contributed by atoms with Gasteiger partial charge in [0, 0.05) is 45.1 Å². The number of rotatable bonds is 3. The smallest absolute Gasteiger partial charge is 0.320 e. The van der Waals surface area contributed by atoms with E-state index in [0.29, 0.717) is 43.4 Å². The van der Waals surface area contributed by atoms with Gasteiger partial charge in [0.15, 0.2) is 5.78 Å². The van der Waals surface area contributed by atoms with E-state index in [-0.39, 0.29) is 42.1 Å². The van der Waals surface area contributed by atoms with E-state index in [1.165, 1.54) is 0 Å². The number of carbonyl (C=O) groups is 2. The second-order valence-electron chi connectivity index (χ2n) is 10.1. The summed E-state index contributed by atoms with van der Waals surface area (Å²) in [5.41, 5.74) is 0.996. The maximum Gasteiger partial charge on any atom is 0.320 e. The number of amides is 2. The van der Waals surface area contributed by atoms with Crippen molar-refractivity contribution >= 4 is 29.1 Å². The van der Waals surface area contributed by atoms with Crippen LogP contribution in [0.2, 0.25) is 5.02 Å². The fraction of sp³-hybridized carbons (Fsp3) is 0.667. The summed E-state index contributed by atoms with van der Waals surface area (Å²) in [6.07, 6.45) is 3.59. The number of hydrogen-bond acceptors (Lipinski definition) is 6. The number of hydrogen-bond donors (Lipinski definition) is 0. The Morgan fingerprint density at radius 2 is 2.03 bits per heavy atom. The maximum absolute atomic E-state index is 12.9. The zero-order valence-corrected chi connectivity index (χ0v) is 19.5. The van der Waals surface area contributed by atoms with Gasteiger partial charge in [0.2, 0.25) is 0 Å². The number of piperidine rings is 1. The average Bonchev–Trinajstić information content (AvgIpc) is 3.25. The van der Waals surface area contributed by atoms with Crippen LogP contribution in [-0.2, 0) is 14.3 Å². The van der Waals surface area contributed by atoms with E-state index in [1.54, 1.807) is 0 Å². The lowest BCUT2D eigenvalue weighted by Gasteiger charge is -2.49. The number of ketones is 1. The molecule has 5 aliphatic rings. The summed E-state index contributed by atoms with van der Waals surface area (Å²) in [5, 5.41) is 0.624. The molecular formula is C24H30ClN3O5. The van der Waals surface area contributed by atoms with Crippen LogP contribution in [0.3, 0.4) is 0 Å². The van der Waals surface area contributed by atoms with E-state index in [1.807, 2.05) is 28.0 Å². The predicted molar refractivity (Wildman–Crippen MR) is 122 cm³/mol. The third-order valence-electron chi connectivity index (χ3n) is 7.72. The van der Waals surface area contributed by atoms with Crippen LogP contribution in [0, 0.1) is 5.92 Å². The van der Waals surface area contributed by atoms with Gasteiger partial charge in [0.05, 0.1) is 24.9 Å². The first-order valence-electron chi connectivity index (χ1n) is 12.0. The highest BCUT2D eigenvalue weighted by atomic mass is 35.5. The highest BCUT2D eigenvalue weighted by Crippen LogP contribution is 2.43. The van der Waals surface area contributed by atoms with Crippen LogP contribution in [0.1, 0.15) is 25.7 Å². The van der Waals surface area contributed by atoms with Crippen LogP contribution in [-0.4, -0.2) is 91.9 Å². The molecule has 5 heterocycles. The number of likely N-dealkylation sites (tertiary alicyclic amines) is 2. The predicted octanol–water partition coefficient (Wildman–Crippen LogP) is 2.57. The minimum atomic E-state index is -0.0697. The molecule has 9 heteroatoms. The van der Waals surface area contributed by atoms with Crippen LogP contribution < -0.4 is 9.64 Å². The Morgan fingerprint density at radius 1 is 1.18 bits per heavy atom. The summed E-state index contributed by atoms with van der Waals surface area (Å²) in [7, 11) is 0. The van der Waals surface area contributed by atoms with E-state index in [0.717, 1.165) is 44.6 Å². The fourth-order valence-electron chi connectivity index (χ4n) is 5.86. The minimum absolute atomic E-state index is 0.0144. The van der Waals surface area contributed by atoms with Gasteiger partial charge in [0.1, 0.15) is 29.1 Å². The lowest BCUT2D eigenvalue weighted by Crippen LogP contribution is -2.62. The van der Waals surface area contributed by atoms with Crippen molar-refractivity contribution in [3.63, 3.8) is 0 Å². The number of Topliss-reactive ketones (excluding diaryl/α,β-unsaturated/α-hetero) is 1. The lowest BCUT2D eigenvalue weighted by atomic mass is 9.88. The Balaban J connectivity index is 1.02. The van der Waals surface area contributed by atoms with Crippen LogP contribution >= 0.6 is 11.6 Å². The molecule has 178 valence electrons. The van der Waals surface area contributed by atoms with Gasteiger partial charge >= 0.3 is 6.03 Å². The highest BCUT2D eigenvalue weighted by Gasteiger charge is 2.47. The summed E-state index contributed by atoms with van der Waals surface area (Å²) in [6, 6.07) is 5.91. The molecule has 1 aromatic carbocycles. The number of urea groups is 1. The molecule has 5 aliphatic heterocycles. The number of anilines is 1. The molecule has 0 bridgehead atoms. The van der Waals surface area contributed by atoms with Crippen molar-refractivity contribution in [3.05, 3.63) is 23.2 Å². The number of fused-ring (bicyclic) bond motifs is 1. The second kappa shape index (κ2) is 8.32. The van der Waals surface area contributed by atoms with Gasteiger partial charge in [0.25, 0.3) is 0 Å². The summed E-state index contributed by atoms with van der Waals surface area (Å²) in [6.45, 7) is 5.16. The Hall–Kier alpha value is -2.03. The van der Waals surface area contributed by atoms with Gasteiger partial charge in [-0.2, -0.15) is 0 Å². The van der Waals surface area contributed by atoms with E-state index < -0.39 is 0 Å². The first-order chi connectivity index (χ1) is 16.0. The van der Waals surface area contributed by atoms with Crippen molar-refractivity contribution in [1.82, 2.24) is 9.80 Å². The number of ether oxygens (including phenoxy) is 3. The second-order valence-corrected chi connectivity index (χ2v) is 10.5. The van der Waals surface area contributed by atoms with Crippen molar-refractivity contribution in [2.45, 2.75) is 43.5 Å². The Morgan fingerprint density at radius 3 is 2.82 bits per heavy atom. The number of benzene rings is 1. The largest absolute Gasteiger partial charge is 0.485 e. The number of halogens is 1. The summed E-state index contributed by atoms with van der Waals surface area (Å²) < 4.78 is 17.7. The molecule has 0 aliphatic carbocycles. The molecule has 2 amide bonds. The number of carbonyl (C=O) groups excluding carboxylic acids is 2. The SMILES string of the molecule is O=C1CO[C@H]2CCN(C(=O)N3CC(Oc4cccc(N5CC6(CCCO6)C5)c4Cl)C3)C[C@H]2C1. The third-order valence-corrected chi connectivity index (χ3v) is 8.10. The van der Waals surface area contributed by atoms with Gasteiger partial charge in [-0.25, -0.2) is 4.79 Å². The van der Waals surface area contributed by atoms with Crippen LogP contribution in [0.15, 0.2) is 18.2 Å². The lowest BCUT2D eigenvalue weighted by molar-refractivity contribution is -0.140. The molecule has 0 saturated carbocycles. The van der Waals surface area contributed by atoms with Gasteiger partial charge in [-0.1, -0.05) is 17.7 Å². The van der Waals surface area contributed by atoms with Crippen molar-refractivity contribution in [1.29, 1.82) is 0 Å². The van der Waals surface area contributed by atoms with Gasteiger partial charge in [-0.3, -0.25) is 4.79 Å². The molecule has 33 heavy (non-hydrogen) atoms. The van der Waals surface area contributed by atoms with Crippen molar-refractivity contribution < 1.29 is 23.8 Å². The van der Waals surface area contributed by atoms with E-state index >= 15 is 0 Å². The maximum atomic E-state index is 12.9. The first kappa shape index (κ1) is 21.5. The molecule has 0 N–H and O–H groups in total. The quantitative estimate of drug-likeness (QED) is 0.669. The molecule has 0 radical (unpaired) electrons. The van der Waals surface area contributed by atoms with Gasteiger partial charge in [-0.05, 0) is 31.4 Å². The van der Waals surface area contributed by atoms with Crippen molar-refractivity contribution in [2.24, 2.45) is 5.92 Å². The molecule has 5 fully saturated rings. The van der Waals surface area contributed by atoms with Gasteiger partial charge < -0.3 is 28.9 Å². The third kappa shape index (κ3) is 3.96. The molecule has 8 nitrogen and oxygen atoms in total. The van der Waals surface area contributed by atoms with E-state index in [4.69, 9.17) is 25.8 Å². The van der Waals surface area contributed by atoms with Crippen molar-refractivity contribution in [2.75, 3.05) is 57.4 Å². The number of nitrogens with zero attached hydrogens (tertiary/aromatic N) is 3. The van der Waals surface area contributed by atoms with Crippen LogP contribution in [0.25, 0.3) is 0 Å². The summed E-state index contributed by atoms with van der Waals surface area (Å²) in [4.78, 5) is 30.6. The van der Waals surface area contributed by atoms with Gasteiger partial charge in [-0.15, -0.1) is 0 Å². The molecular weight excluding hydrogens is 446 g/mol. The Labute approximate surface area is 198 Å². The molecule has 0 unspecified atom stereocenters.